The number of carbonyl (C=O) groups excluding carboxylic acids is 1. The first-order chi connectivity index (χ1) is 5.29. The summed E-state index contributed by atoms with van der Waals surface area (Å²) in [6, 6.07) is 0. The summed E-state index contributed by atoms with van der Waals surface area (Å²) in [6.07, 6.45) is 0.948. The number of carbonyl (C=O) groups is 1. The normalized spacial score (nSPS) is 19.6. The molecule has 0 aromatic rings. The molecule has 0 aromatic heterocycles. The Hall–Kier alpha value is -0.770. The molecule has 1 saturated heterocycles. The van der Waals surface area contributed by atoms with Crippen LogP contribution in [-0.4, -0.2) is 25.7 Å². The maximum absolute atomic E-state index is 10.0. The third kappa shape index (κ3) is 3.23. The standard InChI is InChI=1S/C7H14N2O2/c10-7(11)9-5-6-1-3-8-4-2-6/h6,8-9H,1-5H2,(H,10,11)/p-1. The third-order valence-corrected chi connectivity index (χ3v) is 1.99. The number of nitrogens with one attached hydrogen (secondary N) is 2. The van der Waals surface area contributed by atoms with E-state index in [1.807, 2.05) is 0 Å². The largest absolute Gasteiger partial charge is 0.530 e. The Labute approximate surface area is 66.0 Å². The van der Waals surface area contributed by atoms with E-state index in [1.54, 1.807) is 0 Å². The molecule has 0 spiro atoms. The minimum atomic E-state index is -1.16. The highest BCUT2D eigenvalue weighted by Gasteiger charge is 2.11. The van der Waals surface area contributed by atoms with E-state index in [2.05, 4.69) is 10.6 Å². The number of hydrogen-bond donors (Lipinski definition) is 2. The van der Waals surface area contributed by atoms with Crippen molar-refractivity contribution in [3.05, 3.63) is 0 Å². The lowest BCUT2D eigenvalue weighted by molar-refractivity contribution is -0.250. The molecular formula is C7H13N2O2-. The Kier molecular flexibility index (Phi) is 3.16. The van der Waals surface area contributed by atoms with Gasteiger partial charge < -0.3 is 20.5 Å². The monoisotopic (exact) mass is 157 g/mol. The van der Waals surface area contributed by atoms with Gasteiger partial charge in [-0.25, -0.2) is 0 Å². The second kappa shape index (κ2) is 4.18. The molecular weight excluding hydrogens is 144 g/mol. The topological polar surface area (TPSA) is 64.2 Å². The van der Waals surface area contributed by atoms with Gasteiger partial charge in [0, 0.05) is 6.54 Å². The molecule has 1 heterocycles. The summed E-state index contributed by atoms with van der Waals surface area (Å²) in [6.45, 7) is 2.54. The van der Waals surface area contributed by atoms with Gasteiger partial charge in [0.25, 0.3) is 0 Å². The number of amides is 1. The first-order valence-electron chi connectivity index (χ1n) is 3.94. The fourth-order valence-electron chi connectivity index (χ4n) is 1.31. The lowest BCUT2D eigenvalue weighted by Gasteiger charge is -2.23. The van der Waals surface area contributed by atoms with Crippen LogP contribution in [0.3, 0.4) is 0 Å². The summed E-state index contributed by atoms with van der Waals surface area (Å²) in [4.78, 5) is 10.0. The van der Waals surface area contributed by atoms with Crippen LogP contribution >= 0.6 is 0 Å². The van der Waals surface area contributed by atoms with Crippen molar-refractivity contribution in [2.45, 2.75) is 12.8 Å². The summed E-state index contributed by atoms with van der Waals surface area (Å²) in [7, 11) is 0. The Morgan fingerprint density at radius 1 is 1.55 bits per heavy atom. The Morgan fingerprint density at radius 2 is 2.18 bits per heavy atom. The highest BCUT2D eigenvalue weighted by atomic mass is 16.4. The van der Waals surface area contributed by atoms with Crippen molar-refractivity contribution in [3.8, 4) is 0 Å². The molecule has 1 rings (SSSR count). The molecule has 0 aliphatic carbocycles. The van der Waals surface area contributed by atoms with Crippen LogP contribution in [-0.2, 0) is 0 Å². The zero-order valence-electron chi connectivity index (χ0n) is 6.43. The molecule has 4 nitrogen and oxygen atoms in total. The van der Waals surface area contributed by atoms with Gasteiger partial charge in [0.2, 0.25) is 0 Å². The van der Waals surface area contributed by atoms with Gasteiger partial charge in [0.1, 0.15) is 6.09 Å². The van der Waals surface area contributed by atoms with Crippen molar-refractivity contribution in [2.24, 2.45) is 5.92 Å². The maximum atomic E-state index is 10.0. The van der Waals surface area contributed by atoms with Crippen LogP contribution in [0, 0.1) is 5.92 Å². The lowest BCUT2D eigenvalue weighted by Crippen LogP contribution is -2.41. The molecule has 0 radical (unpaired) electrons. The summed E-state index contributed by atoms with van der Waals surface area (Å²) < 4.78 is 0. The highest BCUT2D eigenvalue weighted by molar-refractivity contribution is 5.61. The van der Waals surface area contributed by atoms with Crippen molar-refractivity contribution < 1.29 is 9.90 Å². The summed E-state index contributed by atoms with van der Waals surface area (Å²) in [5, 5.41) is 15.5. The van der Waals surface area contributed by atoms with E-state index in [0.29, 0.717) is 12.5 Å². The van der Waals surface area contributed by atoms with Crippen LogP contribution in [0.5, 0.6) is 0 Å². The molecule has 1 aliphatic heterocycles. The van der Waals surface area contributed by atoms with Gasteiger partial charge in [-0.1, -0.05) is 0 Å². The van der Waals surface area contributed by atoms with Gasteiger partial charge in [-0.05, 0) is 31.8 Å². The predicted molar refractivity (Wildman–Crippen MR) is 39.0 cm³/mol. The van der Waals surface area contributed by atoms with Gasteiger partial charge in [0.15, 0.2) is 0 Å². The Bertz CT molecular complexity index is 132. The average molecular weight is 157 g/mol. The minimum Gasteiger partial charge on any atom is -0.530 e. The van der Waals surface area contributed by atoms with E-state index < -0.39 is 6.09 Å². The zero-order valence-corrected chi connectivity index (χ0v) is 6.43. The smallest absolute Gasteiger partial charge is 0.134 e. The second-order valence-electron chi connectivity index (χ2n) is 2.86. The number of carboxylic acid groups (broad SMARTS) is 1. The van der Waals surface area contributed by atoms with Gasteiger partial charge in [-0.2, -0.15) is 0 Å². The van der Waals surface area contributed by atoms with Crippen molar-refractivity contribution in [1.82, 2.24) is 10.6 Å². The summed E-state index contributed by atoms with van der Waals surface area (Å²) >= 11 is 0. The van der Waals surface area contributed by atoms with Crippen molar-refractivity contribution in [2.75, 3.05) is 19.6 Å². The van der Waals surface area contributed by atoms with Gasteiger partial charge >= 0.3 is 0 Å². The van der Waals surface area contributed by atoms with E-state index in [1.165, 1.54) is 0 Å². The van der Waals surface area contributed by atoms with E-state index in [-0.39, 0.29) is 0 Å². The molecule has 4 heteroatoms. The molecule has 1 aliphatic rings. The first-order valence-corrected chi connectivity index (χ1v) is 3.94. The SMILES string of the molecule is O=C([O-])NCC1CCNCC1. The molecule has 11 heavy (non-hydrogen) atoms. The Morgan fingerprint density at radius 3 is 2.73 bits per heavy atom. The summed E-state index contributed by atoms with van der Waals surface area (Å²) in [5.41, 5.74) is 0. The second-order valence-corrected chi connectivity index (χ2v) is 2.86. The van der Waals surface area contributed by atoms with Gasteiger partial charge in [-0.3, -0.25) is 0 Å². The molecule has 1 amide bonds. The van der Waals surface area contributed by atoms with E-state index in [0.717, 1.165) is 25.9 Å². The average Bonchev–Trinajstić information content (AvgIpc) is 2.03. The number of rotatable bonds is 2. The van der Waals surface area contributed by atoms with Crippen LogP contribution in [0.4, 0.5) is 4.79 Å². The molecule has 0 unspecified atom stereocenters. The van der Waals surface area contributed by atoms with Crippen LogP contribution < -0.4 is 15.7 Å². The first kappa shape index (κ1) is 8.33. The van der Waals surface area contributed by atoms with Crippen LogP contribution in [0.1, 0.15) is 12.8 Å². The Balaban J connectivity index is 2.09. The van der Waals surface area contributed by atoms with E-state index in [4.69, 9.17) is 0 Å². The van der Waals surface area contributed by atoms with Gasteiger partial charge in [-0.15, -0.1) is 0 Å². The molecule has 0 saturated carbocycles. The molecule has 2 N–H and O–H groups in total. The molecule has 0 atom stereocenters. The van der Waals surface area contributed by atoms with Crippen molar-refractivity contribution in [1.29, 1.82) is 0 Å². The molecule has 0 aromatic carbocycles. The van der Waals surface area contributed by atoms with Crippen LogP contribution in [0.15, 0.2) is 0 Å². The molecule has 1 fully saturated rings. The molecule has 64 valence electrons. The van der Waals surface area contributed by atoms with Gasteiger partial charge in [0.05, 0.1) is 0 Å². The fraction of sp³-hybridized carbons (Fsp3) is 0.857. The summed E-state index contributed by atoms with van der Waals surface area (Å²) in [5.74, 6) is 0.495. The quantitative estimate of drug-likeness (QED) is 0.536. The van der Waals surface area contributed by atoms with E-state index >= 15 is 0 Å². The van der Waals surface area contributed by atoms with Crippen LogP contribution in [0.2, 0.25) is 0 Å². The fourth-order valence-corrected chi connectivity index (χ4v) is 1.31. The van der Waals surface area contributed by atoms with Crippen LogP contribution in [0.25, 0.3) is 0 Å². The minimum absolute atomic E-state index is 0.495. The van der Waals surface area contributed by atoms with E-state index in [9.17, 15) is 9.90 Å². The third-order valence-electron chi connectivity index (χ3n) is 1.99. The van der Waals surface area contributed by atoms with Crippen molar-refractivity contribution in [3.63, 3.8) is 0 Å². The highest BCUT2D eigenvalue weighted by Crippen LogP contribution is 2.09. The lowest BCUT2D eigenvalue weighted by atomic mass is 9.98. The predicted octanol–water partition coefficient (Wildman–Crippen LogP) is -1.08. The van der Waals surface area contributed by atoms with Crippen molar-refractivity contribution >= 4 is 6.09 Å². The molecule has 0 bridgehead atoms. The number of hydrogen-bond acceptors (Lipinski definition) is 3. The number of piperidine rings is 1. The maximum Gasteiger partial charge on any atom is 0.134 e. The zero-order chi connectivity index (χ0) is 8.10.